The number of aryl methyl sites for hydroxylation is 2. The van der Waals surface area contributed by atoms with Gasteiger partial charge in [-0.3, -0.25) is 14.9 Å². The molecule has 0 aromatic heterocycles. The number of nitro groups is 1. The fourth-order valence-corrected chi connectivity index (χ4v) is 8.33. The standard InChI is InChI=1S/C37H38N2O10S2/c1-24-12-16-29(17-13-24)50(43,44)48-33-20-34(49-51(45,46)30-18-14-25(2)15-19-30)35(36(26(33)3)47-23-27-8-5-4-6-9-27)37(40)38-21-28-10-7-11-32(39(41)42)31(28)22-38/h7,10-20,27H,4-6,8-9,21-23H2,1-3H3. The van der Waals surface area contributed by atoms with Crippen molar-refractivity contribution >= 4 is 31.8 Å². The zero-order chi connectivity index (χ0) is 36.5. The van der Waals surface area contributed by atoms with Crippen LogP contribution in [0.4, 0.5) is 5.69 Å². The van der Waals surface area contributed by atoms with Gasteiger partial charge in [-0.05, 0) is 69.4 Å². The van der Waals surface area contributed by atoms with Crippen LogP contribution in [0.15, 0.2) is 82.6 Å². The summed E-state index contributed by atoms with van der Waals surface area (Å²) in [5.74, 6) is -1.48. The number of fused-ring (bicyclic) bond motifs is 1. The molecule has 6 rings (SSSR count). The van der Waals surface area contributed by atoms with E-state index in [2.05, 4.69) is 0 Å². The molecule has 0 saturated heterocycles. The number of hydrogen-bond donors (Lipinski definition) is 0. The van der Waals surface area contributed by atoms with E-state index >= 15 is 0 Å². The first-order chi connectivity index (χ1) is 24.2. The van der Waals surface area contributed by atoms with Crippen molar-refractivity contribution in [2.45, 2.75) is 75.8 Å². The van der Waals surface area contributed by atoms with E-state index in [9.17, 15) is 31.7 Å². The summed E-state index contributed by atoms with van der Waals surface area (Å²) in [6, 6.07) is 17.6. The molecule has 1 heterocycles. The van der Waals surface area contributed by atoms with Gasteiger partial charge in [0.15, 0.2) is 11.5 Å². The molecule has 0 unspecified atom stereocenters. The molecule has 1 saturated carbocycles. The Morgan fingerprint density at radius 3 is 1.94 bits per heavy atom. The molecule has 2 aliphatic rings. The minimum Gasteiger partial charge on any atom is -0.492 e. The minimum absolute atomic E-state index is 0.00116. The lowest BCUT2D eigenvalue weighted by molar-refractivity contribution is -0.385. The van der Waals surface area contributed by atoms with Crippen molar-refractivity contribution in [2.75, 3.05) is 6.61 Å². The Hall–Kier alpha value is -4.95. The van der Waals surface area contributed by atoms with Crippen LogP contribution in [0.5, 0.6) is 17.2 Å². The average Bonchev–Trinajstić information content (AvgIpc) is 3.54. The highest BCUT2D eigenvalue weighted by Crippen LogP contribution is 2.44. The van der Waals surface area contributed by atoms with Crippen LogP contribution >= 0.6 is 0 Å². The van der Waals surface area contributed by atoms with E-state index in [1.165, 1.54) is 48.2 Å². The number of rotatable bonds is 11. The third-order valence-corrected chi connectivity index (χ3v) is 11.8. The van der Waals surface area contributed by atoms with Crippen molar-refractivity contribution in [2.24, 2.45) is 5.92 Å². The lowest BCUT2D eigenvalue weighted by atomic mass is 9.90. The zero-order valence-electron chi connectivity index (χ0n) is 28.5. The predicted octanol–water partition coefficient (Wildman–Crippen LogP) is 7.17. The van der Waals surface area contributed by atoms with E-state index in [0.29, 0.717) is 11.1 Å². The van der Waals surface area contributed by atoms with Crippen LogP contribution in [-0.4, -0.2) is 39.2 Å². The fourth-order valence-electron chi connectivity index (χ4n) is 6.42. The number of carbonyl (C=O) groups is 1. The molecule has 1 fully saturated rings. The van der Waals surface area contributed by atoms with Gasteiger partial charge in [0.2, 0.25) is 0 Å². The van der Waals surface area contributed by atoms with Crippen molar-refractivity contribution in [1.82, 2.24) is 4.90 Å². The third kappa shape index (κ3) is 7.71. The van der Waals surface area contributed by atoms with Crippen molar-refractivity contribution < 1.29 is 39.7 Å². The molecular weight excluding hydrogens is 697 g/mol. The van der Waals surface area contributed by atoms with Crippen LogP contribution < -0.4 is 13.1 Å². The molecule has 4 aromatic carbocycles. The molecule has 268 valence electrons. The van der Waals surface area contributed by atoms with Crippen molar-refractivity contribution in [1.29, 1.82) is 0 Å². The second-order valence-corrected chi connectivity index (χ2v) is 16.1. The maximum Gasteiger partial charge on any atom is 0.339 e. The summed E-state index contributed by atoms with van der Waals surface area (Å²) in [6.07, 6.45) is 4.87. The van der Waals surface area contributed by atoms with Crippen LogP contribution in [0.2, 0.25) is 0 Å². The van der Waals surface area contributed by atoms with Crippen LogP contribution in [0.3, 0.4) is 0 Å². The molecular formula is C37H38N2O10S2. The van der Waals surface area contributed by atoms with Crippen molar-refractivity contribution in [3.05, 3.63) is 116 Å². The number of benzene rings is 4. The summed E-state index contributed by atoms with van der Waals surface area (Å²) < 4.78 is 72.2. The van der Waals surface area contributed by atoms with Gasteiger partial charge in [0.1, 0.15) is 21.1 Å². The Morgan fingerprint density at radius 1 is 0.804 bits per heavy atom. The number of nitro benzene ring substituents is 1. The molecule has 0 radical (unpaired) electrons. The number of carbonyl (C=O) groups excluding carboxylic acids is 1. The van der Waals surface area contributed by atoms with E-state index in [1.54, 1.807) is 37.3 Å². The first-order valence-electron chi connectivity index (χ1n) is 16.6. The fraction of sp³-hybridized carbons (Fsp3) is 0.324. The van der Waals surface area contributed by atoms with Gasteiger partial charge in [-0.15, -0.1) is 0 Å². The molecule has 1 aliphatic heterocycles. The van der Waals surface area contributed by atoms with Gasteiger partial charge < -0.3 is 18.0 Å². The Balaban J connectivity index is 1.49. The summed E-state index contributed by atoms with van der Waals surface area (Å²) >= 11 is 0. The number of nitrogens with zero attached hydrogens (tertiary/aromatic N) is 2. The maximum atomic E-state index is 14.6. The molecule has 1 amide bonds. The summed E-state index contributed by atoms with van der Waals surface area (Å²) in [7, 11) is -9.02. The van der Waals surface area contributed by atoms with E-state index in [0.717, 1.165) is 49.3 Å². The summed E-state index contributed by atoms with van der Waals surface area (Å²) in [5, 5.41) is 11.8. The molecule has 12 nitrogen and oxygen atoms in total. The SMILES string of the molecule is Cc1ccc(S(=O)(=O)Oc2cc(OS(=O)(=O)c3ccc(C)cc3)c(C(=O)N3Cc4cccc([N+](=O)[O-])c4C3)c(OCC3CCCCC3)c2C)cc1. The first kappa shape index (κ1) is 35.9. The second kappa shape index (κ2) is 14.3. The van der Waals surface area contributed by atoms with Crippen molar-refractivity contribution in [3.63, 3.8) is 0 Å². The highest BCUT2D eigenvalue weighted by molar-refractivity contribution is 7.87. The summed E-state index contributed by atoms with van der Waals surface area (Å²) in [6.45, 7) is 5.17. The van der Waals surface area contributed by atoms with Gasteiger partial charge in [0.05, 0.1) is 23.6 Å². The zero-order valence-corrected chi connectivity index (χ0v) is 30.1. The van der Waals surface area contributed by atoms with Crippen LogP contribution in [0.25, 0.3) is 0 Å². The highest BCUT2D eigenvalue weighted by Gasteiger charge is 2.36. The Bertz CT molecular complexity index is 2200. The Labute approximate surface area is 297 Å². The molecule has 4 aromatic rings. The molecule has 14 heteroatoms. The number of ether oxygens (including phenoxy) is 1. The molecule has 0 spiro atoms. The largest absolute Gasteiger partial charge is 0.492 e. The van der Waals surface area contributed by atoms with E-state index in [4.69, 9.17) is 13.1 Å². The van der Waals surface area contributed by atoms with Gasteiger partial charge in [-0.1, -0.05) is 66.8 Å². The quantitative estimate of drug-likeness (QED) is 0.0878. The number of amides is 1. The van der Waals surface area contributed by atoms with Crippen LogP contribution in [-0.2, 0) is 33.3 Å². The van der Waals surface area contributed by atoms with Crippen molar-refractivity contribution in [3.8, 4) is 17.2 Å². The average molecular weight is 735 g/mol. The van der Waals surface area contributed by atoms with Gasteiger partial charge in [-0.2, -0.15) is 16.8 Å². The Morgan fingerprint density at radius 2 is 1.37 bits per heavy atom. The topological polar surface area (TPSA) is 159 Å². The van der Waals surface area contributed by atoms with E-state index < -0.39 is 36.8 Å². The smallest absolute Gasteiger partial charge is 0.339 e. The summed E-state index contributed by atoms with van der Waals surface area (Å²) in [5.41, 5.74) is 2.28. The van der Waals surface area contributed by atoms with Crippen LogP contribution in [0, 0.1) is 36.8 Å². The van der Waals surface area contributed by atoms with Gasteiger partial charge >= 0.3 is 20.2 Å². The first-order valence-corrected chi connectivity index (χ1v) is 19.4. The van der Waals surface area contributed by atoms with Gasteiger partial charge in [0, 0.05) is 24.2 Å². The predicted molar refractivity (Wildman–Crippen MR) is 188 cm³/mol. The third-order valence-electron chi connectivity index (χ3n) is 9.31. The molecule has 0 N–H and O–H groups in total. The molecule has 0 atom stereocenters. The van der Waals surface area contributed by atoms with Gasteiger partial charge in [-0.25, -0.2) is 0 Å². The molecule has 0 bridgehead atoms. The van der Waals surface area contributed by atoms with E-state index in [-0.39, 0.29) is 63.7 Å². The Kier molecular flexibility index (Phi) is 10.1. The summed E-state index contributed by atoms with van der Waals surface area (Å²) in [4.78, 5) is 26.9. The molecule has 1 aliphatic carbocycles. The molecule has 51 heavy (non-hydrogen) atoms. The van der Waals surface area contributed by atoms with Crippen LogP contribution in [0.1, 0.15) is 70.3 Å². The maximum absolute atomic E-state index is 14.6. The van der Waals surface area contributed by atoms with Gasteiger partial charge in [0.25, 0.3) is 11.6 Å². The second-order valence-electron chi connectivity index (χ2n) is 13.1. The lowest BCUT2D eigenvalue weighted by Crippen LogP contribution is -2.28. The number of hydrogen-bond acceptors (Lipinski definition) is 10. The van der Waals surface area contributed by atoms with E-state index in [1.807, 2.05) is 6.92 Å². The minimum atomic E-state index is -4.58. The monoisotopic (exact) mass is 734 g/mol. The normalized spacial score (nSPS) is 14.9. The highest BCUT2D eigenvalue weighted by atomic mass is 32.2. The lowest BCUT2D eigenvalue weighted by Gasteiger charge is -2.26.